The molecule has 116 valence electrons. The standard InChI is InChI=1S/C14H22N4O2S/c1-21(19,20)18-8-4-5-12(11-18)13-9-16-14(10-15-13)17-6-2-3-7-17/h9-10,12H,2-8,11H2,1H3/t12-/m1/s1. The third-order valence-electron chi connectivity index (χ3n) is 4.36. The van der Waals surface area contributed by atoms with E-state index in [9.17, 15) is 8.42 Å². The van der Waals surface area contributed by atoms with Gasteiger partial charge < -0.3 is 4.90 Å². The fraction of sp³-hybridized carbons (Fsp3) is 0.714. The molecule has 0 spiro atoms. The average molecular weight is 310 g/mol. The molecule has 2 saturated heterocycles. The van der Waals surface area contributed by atoms with E-state index in [4.69, 9.17) is 0 Å². The fourth-order valence-electron chi connectivity index (χ4n) is 3.14. The Labute approximate surface area is 126 Å². The highest BCUT2D eigenvalue weighted by Gasteiger charge is 2.27. The van der Waals surface area contributed by atoms with Crippen LogP contribution in [0.15, 0.2) is 12.4 Å². The van der Waals surface area contributed by atoms with Crippen LogP contribution in [0, 0.1) is 0 Å². The minimum absolute atomic E-state index is 0.161. The van der Waals surface area contributed by atoms with Crippen molar-refractivity contribution in [1.82, 2.24) is 14.3 Å². The molecule has 7 heteroatoms. The summed E-state index contributed by atoms with van der Waals surface area (Å²) in [7, 11) is -3.11. The molecule has 0 unspecified atom stereocenters. The molecule has 3 heterocycles. The summed E-state index contributed by atoms with van der Waals surface area (Å²) < 4.78 is 24.9. The molecule has 2 aliphatic heterocycles. The fourth-order valence-corrected chi connectivity index (χ4v) is 4.05. The minimum Gasteiger partial charge on any atom is -0.355 e. The summed E-state index contributed by atoms with van der Waals surface area (Å²) in [5.74, 6) is 1.10. The van der Waals surface area contributed by atoms with Gasteiger partial charge in [-0.25, -0.2) is 17.7 Å². The predicted octanol–water partition coefficient (Wildman–Crippen LogP) is 1.22. The molecule has 2 fully saturated rings. The summed E-state index contributed by atoms with van der Waals surface area (Å²) in [6.45, 7) is 3.25. The van der Waals surface area contributed by atoms with Gasteiger partial charge >= 0.3 is 0 Å². The Morgan fingerprint density at radius 1 is 1.10 bits per heavy atom. The quantitative estimate of drug-likeness (QED) is 0.840. The van der Waals surface area contributed by atoms with Crippen molar-refractivity contribution in [3.05, 3.63) is 18.1 Å². The van der Waals surface area contributed by atoms with Crippen LogP contribution in [0.1, 0.15) is 37.3 Å². The molecular weight excluding hydrogens is 288 g/mol. The van der Waals surface area contributed by atoms with Gasteiger partial charge in [-0.2, -0.15) is 0 Å². The Kier molecular flexibility index (Phi) is 4.12. The van der Waals surface area contributed by atoms with Gasteiger partial charge in [0.25, 0.3) is 0 Å². The lowest BCUT2D eigenvalue weighted by Gasteiger charge is -2.30. The van der Waals surface area contributed by atoms with E-state index < -0.39 is 10.0 Å². The van der Waals surface area contributed by atoms with Crippen molar-refractivity contribution in [2.24, 2.45) is 0 Å². The molecule has 0 N–H and O–H groups in total. The van der Waals surface area contributed by atoms with E-state index in [2.05, 4.69) is 14.9 Å². The van der Waals surface area contributed by atoms with E-state index in [-0.39, 0.29) is 5.92 Å². The van der Waals surface area contributed by atoms with E-state index in [0.717, 1.165) is 37.4 Å². The molecule has 1 atom stereocenters. The van der Waals surface area contributed by atoms with Crippen LogP contribution in [0.2, 0.25) is 0 Å². The zero-order valence-corrected chi connectivity index (χ0v) is 13.2. The highest BCUT2D eigenvalue weighted by Crippen LogP contribution is 2.27. The lowest BCUT2D eigenvalue weighted by Crippen LogP contribution is -2.38. The number of anilines is 1. The molecule has 1 aromatic heterocycles. The van der Waals surface area contributed by atoms with Gasteiger partial charge in [-0.15, -0.1) is 0 Å². The molecular formula is C14H22N4O2S. The van der Waals surface area contributed by atoms with Crippen LogP contribution in [-0.2, 0) is 10.0 Å². The molecule has 0 amide bonds. The summed E-state index contributed by atoms with van der Waals surface area (Å²) in [6.07, 6.45) is 9.23. The van der Waals surface area contributed by atoms with E-state index in [1.165, 1.54) is 19.1 Å². The smallest absolute Gasteiger partial charge is 0.211 e. The maximum Gasteiger partial charge on any atom is 0.211 e. The number of hydrogen-bond donors (Lipinski definition) is 0. The molecule has 0 aromatic carbocycles. The first-order valence-corrected chi connectivity index (χ1v) is 9.41. The summed E-state index contributed by atoms with van der Waals surface area (Å²) in [5.41, 5.74) is 0.909. The van der Waals surface area contributed by atoms with Crippen LogP contribution in [0.4, 0.5) is 5.82 Å². The third kappa shape index (κ3) is 3.35. The number of aromatic nitrogens is 2. The first kappa shape index (κ1) is 14.7. The summed E-state index contributed by atoms with van der Waals surface area (Å²) in [4.78, 5) is 11.3. The van der Waals surface area contributed by atoms with Gasteiger partial charge in [-0.3, -0.25) is 4.98 Å². The third-order valence-corrected chi connectivity index (χ3v) is 5.63. The Morgan fingerprint density at radius 3 is 2.48 bits per heavy atom. The molecule has 0 saturated carbocycles. The summed E-state index contributed by atoms with van der Waals surface area (Å²) >= 11 is 0. The maximum absolute atomic E-state index is 11.7. The maximum atomic E-state index is 11.7. The first-order valence-electron chi connectivity index (χ1n) is 7.56. The van der Waals surface area contributed by atoms with Crippen LogP contribution in [0.3, 0.4) is 0 Å². The van der Waals surface area contributed by atoms with Crippen LogP contribution in [0.25, 0.3) is 0 Å². The van der Waals surface area contributed by atoms with Crippen molar-refractivity contribution in [1.29, 1.82) is 0 Å². The van der Waals surface area contributed by atoms with Crippen molar-refractivity contribution in [3.8, 4) is 0 Å². The number of nitrogens with zero attached hydrogens (tertiary/aromatic N) is 4. The highest BCUT2D eigenvalue weighted by atomic mass is 32.2. The number of rotatable bonds is 3. The zero-order chi connectivity index (χ0) is 14.9. The van der Waals surface area contributed by atoms with Crippen LogP contribution in [-0.4, -0.2) is 55.1 Å². The first-order chi connectivity index (χ1) is 10.0. The molecule has 0 aliphatic carbocycles. The molecule has 0 radical (unpaired) electrons. The Hall–Kier alpha value is -1.21. The van der Waals surface area contributed by atoms with E-state index in [1.807, 2.05) is 12.4 Å². The number of hydrogen-bond acceptors (Lipinski definition) is 5. The van der Waals surface area contributed by atoms with Gasteiger partial charge in [0.05, 0.1) is 24.3 Å². The molecule has 6 nitrogen and oxygen atoms in total. The summed E-state index contributed by atoms with van der Waals surface area (Å²) in [6, 6.07) is 0. The number of sulfonamides is 1. The zero-order valence-electron chi connectivity index (χ0n) is 12.4. The van der Waals surface area contributed by atoms with Crippen LogP contribution in [0.5, 0.6) is 0 Å². The van der Waals surface area contributed by atoms with Gasteiger partial charge in [0, 0.05) is 32.1 Å². The van der Waals surface area contributed by atoms with Crippen molar-refractivity contribution < 1.29 is 8.42 Å². The largest absolute Gasteiger partial charge is 0.355 e. The van der Waals surface area contributed by atoms with Crippen LogP contribution >= 0.6 is 0 Å². The Balaban J connectivity index is 1.71. The highest BCUT2D eigenvalue weighted by molar-refractivity contribution is 7.88. The lowest BCUT2D eigenvalue weighted by atomic mass is 9.96. The number of piperidine rings is 1. The second-order valence-electron chi connectivity index (χ2n) is 5.95. The molecule has 21 heavy (non-hydrogen) atoms. The normalized spacial score (nSPS) is 24.4. The second-order valence-corrected chi connectivity index (χ2v) is 7.94. The van der Waals surface area contributed by atoms with Crippen molar-refractivity contribution in [2.75, 3.05) is 37.3 Å². The summed E-state index contributed by atoms with van der Waals surface area (Å²) in [5, 5.41) is 0. The Morgan fingerprint density at radius 2 is 1.86 bits per heavy atom. The SMILES string of the molecule is CS(=O)(=O)N1CCC[C@@H](c2cnc(N3CCCC3)cn2)C1. The van der Waals surface area contributed by atoms with Crippen molar-refractivity contribution in [2.45, 2.75) is 31.6 Å². The average Bonchev–Trinajstić information content (AvgIpc) is 3.01. The van der Waals surface area contributed by atoms with E-state index in [0.29, 0.717) is 13.1 Å². The van der Waals surface area contributed by atoms with Crippen molar-refractivity contribution >= 4 is 15.8 Å². The van der Waals surface area contributed by atoms with Gasteiger partial charge in [0.1, 0.15) is 5.82 Å². The van der Waals surface area contributed by atoms with E-state index >= 15 is 0 Å². The molecule has 0 bridgehead atoms. The monoisotopic (exact) mass is 310 g/mol. The topological polar surface area (TPSA) is 66.4 Å². The molecule has 2 aliphatic rings. The molecule has 1 aromatic rings. The minimum atomic E-state index is -3.11. The van der Waals surface area contributed by atoms with Gasteiger partial charge in [-0.1, -0.05) is 0 Å². The predicted molar refractivity (Wildman–Crippen MR) is 81.9 cm³/mol. The van der Waals surface area contributed by atoms with Crippen molar-refractivity contribution in [3.63, 3.8) is 0 Å². The van der Waals surface area contributed by atoms with Crippen LogP contribution < -0.4 is 4.90 Å². The van der Waals surface area contributed by atoms with E-state index in [1.54, 1.807) is 4.31 Å². The van der Waals surface area contributed by atoms with Gasteiger partial charge in [0.2, 0.25) is 10.0 Å². The molecule has 3 rings (SSSR count). The van der Waals surface area contributed by atoms with Gasteiger partial charge in [-0.05, 0) is 25.7 Å². The Bertz CT molecular complexity index is 581. The van der Waals surface area contributed by atoms with Gasteiger partial charge in [0.15, 0.2) is 0 Å². The second kappa shape index (κ2) is 5.88. The lowest BCUT2D eigenvalue weighted by molar-refractivity contribution is 0.314.